The first-order valence-corrected chi connectivity index (χ1v) is 6.98. The highest BCUT2D eigenvalue weighted by Crippen LogP contribution is 2.08. The van der Waals surface area contributed by atoms with Crippen LogP contribution in [-0.4, -0.2) is 36.7 Å². The van der Waals surface area contributed by atoms with E-state index in [1.165, 1.54) is 0 Å². The van der Waals surface area contributed by atoms with E-state index in [0.29, 0.717) is 12.6 Å². The number of carbonyl (C=O) groups excluding carboxylic acids is 1. The SMILES string of the molecule is CCC[C@@H]1CN(C(=O)OCc2ccccc2)CCN1.Cl. The predicted octanol–water partition coefficient (Wildman–Crippen LogP) is 2.82. The summed E-state index contributed by atoms with van der Waals surface area (Å²) >= 11 is 0. The van der Waals surface area contributed by atoms with Crippen molar-refractivity contribution in [3.8, 4) is 0 Å². The van der Waals surface area contributed by atoms with Crippen molar-refractivity contribution in [3.05, 3.63) is 35.9 Å². The minimum atomic E-state index is -0.202. The Morgan fingerprint density at radius 1 is 1.40 bits per heavy atom. The van der Waals surface area contributed by atoms with Gasteiger partial charge in [-0.25, -0.2) is 4.79 Å². The number of carbonyl (C=O) groups is 1. The largest absolute Gasteiger partial charge is 0.445 e. The number of hydrogen-bond acceptors (Lipinski definition) is 3. The topological polar surface area (TPSA) is 41.6 Å². The first-order valence-electron chi connectivity index (χ1n) is 6.98. The summed E-state index contributed by atoms with van der Waals surface area (Å²) in [4.78, 5) is 13.8. The van der Waals surface area contributed by atoms with E-state index in [9.17, 15) is 4.79 Å². The molecule has 1 heterocycles. The number of piperazine rings is 1. The Bertz CT molecular complexity index is 398. The van der Waals surface area contributed by atoms with E-state index in [2.05, 4.69) is 12.2 Å². The van der Waals surface area contributed by atoms with Gasteiger partial charge in [0.15, 0.2) is 0 Å². The van der Waals surface area contributed by atoms with Crippen LogP contribution in [-0.2, 0) is 11.3 Å². The molecule has 20 heavy (non-hydrogen) atoms. The smallest absolute Gasteiger partial charge is 0.410 e. The third kappa shape index (κ3) is 5.02. The van der Waals surface area contributed by atoms with Crippen molar-refractivity contribution in [3.63, 3.8) is 0 Å². The molecule has 0 bridgehead atoms. The molecule has 1 saturated heterocycles. The molecule has 0 spiro atoms. The molecule has 0 radical (unpaired) electrons. The standard InChI is InChI=1S/C15H22N2O2.ClH/c1-2-6-14-11-17(10-9-16-14)15(18)19-12-13-7-4-3-5-8-13;/h3-5,7-8,14,16H,2,6,9-12H2,1H3;1H/t14-;/m1./s1. The van der Waals surface area contributed by atoms with Gasteiger partial charge >= 0.3 is 6.09 Å². The van der Waals surface area contributed by atoms with Crippen molar-refractivity contribution in [1.29, 1.82) is 0 Å². The van der Waals surface area contributed by atoms with Gasteiger partial charge in [0, 0.05) is 25.7 Å². The summed E-state index contributed by atoms with van der Waals surface area (Å²) < 4.78 is 5.35. The molecular weight excluding hydrogens is 276 g/mol. The summed E-state index contributed by atoms with van der Waals surface area (Å²) in [5.41, 5.74) is 1.02. The zero-order valence-corrected chi connectivity index (χ0v) is 12.7. The molecule has 1 aliphatic heterocycles. The zero-order valence-electron chi connectivity index (χ0n) is 11.9. The monoisotopic (exact) mass is 298 g/mol. The highest BCUT2D eigenvalue weighted by atomic mass is 35.5. The summed E-state index contributed by atoms with van der Waals surface area (Å²) in [7, 11) is 0. The molecule has 4 nitrogen and oxygen atoms in total. The highest BCUT2D eigenvalue weighted by Gasteiger charge is 2.23. The molecule has 0 aromatic heterocycles. The van der Waals surface area contributed by atoms with Gasteiger partial charge in [0.1, 0.15) is 6.61 Å². The highest BCUT2D eigenvalue weighted by molar-refractivity contribution is 5.85. The lowest BCUT2D eigenvalue weighted by atomic mass is 10.1. The maximum Gasteiger partial charge on any atom is 0.410 e. The maximum absolute atomic E-state index is 12.0. The quantitative estimate of drug-likeness (QED) is 0.929. The minimum absolute atomic E-state index is 0. The van der Waals surface area contributed by atoms with Crippen LogP contribution in [0.4, 0.5) is 4.79 Å². The molecule has 0 unspecified atom stereocenters. The van der Waals surface area contributed by atoms with E-state index in [-0.39, 0.29) is 18.5 Å². The van der Waals surface area contributed by atoms with Gasteiger partial charge < -0.3 is 15.0 Å². The van der Waals surface area contributed by atoms with Crippen molar-refractivity contribution in [2.24, 2.45) is 0 Å². The second kappa shape index (κ2) is 8.82. The summed E-state index contributed by atoms with van der Waals surface area (Å²) in [6.07, 6.45) is 2.03. The second-order valence-corrected chi connectivity index (χ2v) is 4.93. The number of nitrogens with zero attached hydrogens (tertiary/aromatic N) is 1. The van der Waals surface area contributed by atoms with Gasteiger partial charge in [-0.05, 0) is 12.0 Å². The number of benzene rings is 1. The summed E-state index contributed by atoms with van der Waals surface area (Å²) in [6, 6.07) is 10.2. The Morgan fingerprint density at radius 3 is 2.85 bits per heavy atom. The first-order chi connectivity index (χ1) is 9.29. The van der Waals surface area contributed by atoms with Crippen LogP contribution in [0.1, 0.15) is 25.3 Å². The van der Waals surface area contributed by atoms with Crippen molar-refractivity contribution in [2.75, 3.05) is 19.6 Å². The molecule has 1 N–H and O–H groups in total. The molecule has 2 rings (SSSR count). The van der Waals surface area contributed by atoms with Crippen LogP contribution in [0, 0.1) is 0 Å². The van der Waals surface area contributed by atoms with Crippen molar-refractivity contribution >= 4 is 18.5 Å². The van der Waals surface area contributed by atoms with Gasteiger partial charge in [-0.1, -0.05) is 43.7 Å². The van der Waals surface area contributed by atoms with E-state index in [1.54, 1.807) is 4.90 Å². The fourth-order valence-corrected chi connectivity index (χ4v) is 2.34. The van der Waals surface area contributed by atoms with Crippen molar-refractivity contribution in [1.82, 2.24) is 10.2 Å². The Morgan fingerprint density at radius 2 is 2.15 bits per heavy atom. The summed E-state index contributed by atoms with van der Waals surface area (Å²) in [5.74, 6) is 0. The third-order valence-electron chi connectivity index (χ3n) is 3.36. The second-order valence-electron chi connectivity index (χ2n) is 4.93. The lowest BCUT2D eigenvalue weighted by Gasteiger charge is -2.32. The average Bonchev–Trinajstić information content (AvgIpc) is 2.46. The normalized spacial score (nSPS) is 18.2. The van der Waals surface area contributed by atoms with Gasteiger partial charge in [-0.3, -0.25) is 0 Å². The number of rotatable bonds is 4. The zero-order chi connectivity index (χ0) is 13.5. The molecule has 0 aliphatic carbocycles. The number of hydrogen-bond donors (Lipinski definition) is 1. The molecule has 1 amide bonds. The molecule has 5 heteroatoms. The Labute approximate surface area is 126 Å². The third-order valence-corrected chi connectivity index (χ3v) is 3.36. The first kappa shape index (κ1) is 16.8. The number of nitrogens with one attached hydrogen (secondary N) is 1. The van der Waals surface area contributed by atoms with Crippen LogP contribution in [0.5, 0.6) is 0 Å². The lowest BCUT2D eigenvalue weighted by Crippen LogP contribution is -2.52. The molecule has 1 fully saturated rings. The molecule has 1 aromatic carbocycles. The van der Waals surface area contributed by atoms with Crippen LogP contribution < -0.4 is 5.32 Å². The molecular formula is C15H23ClN2O2. The van der Waals surface area contributed by atoms with Crippen LogP contribution in [0.3, 0.4) is 0 Å². The van der Waals surface area contributed by atoms with E-state index >= 15 is 0 Å². The predicted molar refractivity (Wildman–Crippen MR) is 82.1 cm³/mol. The Balaban J connectivity index is 0.00000200. The van der Waals surface area contributed by atoms with Crippen molar-refractivity contribution in [2.45, 2.75) is 32.4 Å². The van der Waals surface area contributed by atoms with Crippen LogP contribution in [0.15, 0.2) is 30.3 Å². The molecule has 1 aliphatic rings. The lowest BCUT2D eigenvalue weighted by molar-refractivity contribution is 0.0842. The van der Waals surface area contributed by atoms with Gasteiger partial charge in [0.25, 0.3) is 0 Å². The number of amides is 1. The van der Waals surface area contributed by atoms with E-state index in [1.807, 2.05) is 30.3 Å². The molecule has 1 aromatic rings. The summed E-state index contributed by atoms with van der Waals surface area (Å²) in [6.45, 7) is 4.84. The summed E-state index contributed by atoms with van der Waals surface area (Å²) in [5, 5.41) is 3.43. The van der Waals surface area contributed by atoms with Gasteiger partial charge in [0.05, 0.1) is 0 Å². The van der Waals surface area contributed by atoms with E-state index in [0.717, 1.165) is 38.0 Å². The molecule has 0 saturated carbocycles. The van der Waals surface area contributed by atoms with Gasteiger partial charge in [0.2, 0.25) is 0 Å². The van der Waals surface area contributed by atoms with E-state index in [4.69, 9.17) is 4.74 Å². The van der Waals surface area contributed by atoms with E-state index < -0.39 is 0 Å². The van der Waals surface area contributed by atoms with Crippen LogP contribution >= 0.6 is 12.4 Å². The Hall–Kier alpha value is -1.26. The molecule has 1 atom stereocenters. The van der Waals surface area contributed by atoms with Crippen LogP contribution in [0.2, 0.25) is 0 Å². The maximum atomic E-state index is 12.0. The number of ether oxygens (including phenoxy) is 1. The number of halogens is 1. The van der Waals surface area contributed by atoms with Crippen molar-refractivity contribution < 1.29 is 9.53 Å². The van der Waals surface area contributed by atoms with Gasteiger partial charge in [-0.15, -0.1) is 12.4 Å². The van der Waals surface area contributed by atoms with Crippen LogP contribution in [0.25, 0.3) is 0 Å². The fourth-order valence-electron chi connectivity index (χ4n) is 2.34. The minimum Gasteiger partial charge on any atom is -0.445 e. The fraction of sp³-hybridized carbons (Fsp3) is 0.533. The molecule has 112 valence electrons. The van der Waals surface area contributed by atoms with Gasteiger partial charge in [-0.2, -0.15) is 0 Å². The average molecular weight is 299 g/mol. The Kier molecular flexibility index (Phi) is 7.41.